The lowest BCUT2D eigenvalue weighted by molar-refractivity contribution is 0.242. The lowest BCUT2D eigenvalue weighted by atomic mass is 9.93. The Labute approximate surface area is 114 Å². The molecule has 0 atom stereocenters. The third-order valence-electron chi connectivity index (χ3n) is 2.60. The highest BCUT2D eigenvalue weighted by Gasteiger charge is 2.25. The molecule has 110 valence electrons. The summed E-state index contributed by atoms with van der Waals surface area (Å²) in [6.45, 7) is 5.12. The van der Waals surface area contributed by atoms with E-state index in [9.17, 15) is 8.42 Å². The van der Waals surface area contributed by atoms with Crippen LogP contribution in [-0.4, -0.2) is 50.3 Å². The Morgan fingerprint density at radius 2 is 2.05 bits per heavy atom. The lowest BCUT2D eigenvalue weighted by Crippen LogP contribution is -2.40. The van der Waals surface area contributed by atoms with Gasteiger partial charge in [-0.25, -0.2) is 13.1 Å². The maximum Gasteiger partial charge on any atom is 0.245 e. The van der Waals surface area contributed by atoms with Crippen molar-refractivity contribution < 1.29 is 8.42 Å². The summed E-state index contributed by atoms with van der Waals surface area (Å²) in [6.07, 6.45) is 1.40. The molecular formula is C11H23N5O2S. The molecule has 0 amide bonds. The van der Waals surface area contributed by atoms with E-state index < -0.39 is 10.0 Å². The fourth-order valence-electron chi connectivity index (χ4n) is 1.97. The predicted octanol–water partition coefficient (Wildman–Crippen LogP) is -0.132. The summed E-state index contributed by atoms with van der Waals surface area (Å²) < 4.78 is 28.3. The molecule has 0 saturated carbocycles. The van der Waals surface area contributed by atoms with Crippen LogP contribution in [0.25, 0.3) is 0 Å². The fraction of sp³-hybridized carbons (Fsp3) is 0.727. The Hall–Kier alpha value is -1.12. The molecule has 7 nitrogen and oxygen atoms in total. The van der Waals surface area contributed by atoms with Gasteiger partial charge in [-0.1, -0.05) is 13.8 Å². The van der Waals surface area contributed by atoms with E-state index in [4.69, 9.17) is 5.73 Å². The molecule has 8 heteroatoms. The quantitative estimate of drug-likeness (QED) is 0.761. The minimum atomic E-state index is -3.62. The number of rotatable bonds is 6. The van der Waals surface area contributed by atoms with Gasteiger partial charge in [0.1, 0.15) is 4.90 Å². The fourth-order valence-corrected chi connectivity index (χ4v) is 3.31. The zero-order valence-electron chi connectivity index (χ0n) is 12.1. The first-order valence-corrected chi connectivity index (χ1v) is 7.45. The number of aromatic nitrogens is 2. The van der Waals surface area contributed by atoms with Crippen LogP contribution < -0.4 is 10.5 Å². The van der Waals surface area contributed by atoms with Crippen molar-refractivity contribution in [1.82, 2.24) is 19.4 Å². The molecule has 0 fully saturated rings. The number of nitrogens with one attached hydrogen (secondary N) is 1. The summed E-state index contributed by atoms with van der Waals surface area (Å²) in [5, 5.41) is 3.84. The molecule has 19 heavy (non-hydrogen) atoms. The van der Waals surface area contributed by atoms with Gasteiger partial charge in [0.2, 0.25) is 10.0 Å². The summed E-state index contributed by atoms with van der Waals surface area (Å²) in [5.41, 5.74) is 5.42. The standard InChI is InChI=1S/C11H23N5O2S/c1-11(2,8-15(3)4)7-13-19(17,18)9-6-16(5)14-10(9)12/h6,13H,7-8H2,1-5H3,(H2,12,14). The molecular weight excluding hydrogens is 266 g/mol. The molecule has 0 aliphatic carbocycles. The highest BCUT2D eigenvalue weighted by Crippen LogP contribution is 2.18. The van der Waals surface area contributed by atoms with Gasteiger partial charge >= 0.3 is 0 Å². The van der Waals surface area contributed by atoms with Crippen molar-refractivity contribution in [2.45, 2.75) is 18.7 Å². The highest BCUT2D eigenvalue weighted by atomic mass is 32.2. The van der Waals surface area contributed by atoms with Crippen LogP contribution in [0.1, 0.15) is 13.8 Å². The summed E-state index contributed by atoms with van der Waals surface area (Å²) >= 11 is 0. The van der Waals surface area contributed by atoms with Crippen molar-refractivity contribution in [3.05, 3.63) is 6.20 Å². The largest absolute Gasteiger partial charge is 0.381 e. The second-order valence-electron chi connectivity index (χ2n) is 5.78. The van der Waals surface area contributed by atoms with Gasteiger partial charge < -0.3 is 10.6 Å². The summed E-state index contributed by atoms with van der Waals surface area (Å²) in [6, 6.07) is 0. The predicted molar refractivity (Wildman–Crippen MR) is 75.1 cm³/mol. The van der Waals surface area contributed by atoms with Crippen LogP contribution in [0.4, 0.5) is 5.82 Å². The minimum absolute atomic E-state index is 0.0143. The second kappa shape index (κ2) is 5.48. The highest BCUT2D eigenvalue weighted by molar-refractivity contribution is 7.89. The molecule has 3 N–H and O–H groups in total. The van der Waals surface area contributed by atoms with E-state index in [1.807, 2.05) is 32.8 Å². The minimum Gasteiger partial charge on any atom is -0.381 e. The van der Waals surface area contributed by atoms with Crippen LogP contribution in [0, 0.1) is 5.41 Å². The van der Waals surface area contributed by atoms with Crippen LogP contribution >= 0.6 is 0 Å². The number of hydrogen-bond donors (Lipinski definition) is 2. The molecule has 0 aliphatic heterocycles. The van der Waals surface area contributed by atoms with E-state index in [2.05, 4.69) is 9.82 Å². The second-order valence-corrected chi connectivity index (χ2v) is 7.51. The first-order valence-electron chi connectivity index (χ1n) is 5.97. The van der Waals surface area contributed by atoms with Gasteiger partial charge in [-0.15, -0.1) is 0 Å². The van der Waals surface area contributed by atoms with E-state index in [1.165, 1.54) is 10.9 Å². The number of anilines is 1. The Bertz CT molecular complexity index is 533. The molecule has 1 rings (SSSR count). The van der Waals surface area contributed by atoms with Gasteiger partial charge in [-0.2, -0.15) is 5.10 Å². The average Bonchev–Trinajstić information content (AvgIpc) is 2.54. The van der Waals surface area contributed by atoms with Crippen molar-refractivity contribution in [3.63, 3.8) is 0 Å². The molecule has 0 aromatic carbocycles. The molecule has 0 unspecified atom stereocenters. The van der Waals surface area contributed by atoms with Gasteiger partial charge in [-0.3, -0.25) is 4.68 Å². The summed E-state index contributed by atoms with van der Waals surface area (Å²) in [4.78, 5) is 2.04. The number of sulfonamides is 1. The smallest absolute Gasteiger partial charge is 0.245 e. The Balaban J connectivity index is 2.79. The molecule has 1 aromatic rings. The van der Waals surface area contributed by atoms with Gasteiger partial charge in [-0.05, 0) is 19.5 Å². The van der Waals surface area contributed by atoms with E-state index in [-0.39, 0.29) is 16.1 Å². The zero-order chi connectivity index (χ0) is 14.8. The molecule has 1 heterocycles. The molecule has 0 spiro atoms. The number of nitrogen functional groups attached to an aromatic ring is 1. The average molecular weight is 289 g/mol. The topological polar surface area (TPSA) is 93.2 Å². The van der Waals surface area contributed by atoms with Crippen LogP contribution in [0.5, 0.6) is 0 Å². The molecule has 0 aliphatic rings. The third kappa shape index (κ3) is 4.48. The van der Waals surface area contributed by atoms with Crippen molar-refractivity contribution in [1.29, 1.82) is 0 Å². The van der Waals surface area contributed by atoms with Crippen molar-refractivity contribution in [3.8, 4) is 0 Å². The lowest BCUT2D eigenvalue weighted by Gasteiger charge is -2.28. The summed E-state index contributed by atoms with van der Waals surface area (Å²) in [5.74, 6) is 0.0143. The maximum absolute atomic E-state index is 12.1. The first-order chi connectivity index (χ1) is 8.53. The normalized spacial score (nSPS) is 13.2. The van der Waals surface area contributed by atoms with Crippen LogP contribution in [0.2, 0.25) is 0 Å². The van der Waals surface area contributed by atoms with Gasteiger partial charge in [0.05, 0.1) is 0 Å². The van der Waals surface area contributed by atoms with E-state index in [0.29, 0.717) is 6.54 Å². The van der Waals surface area contributed by atoms with Gasteiger partial charge in [0, 0.05) is 26.3 Å². The number of nitrogens with zero attached hydrogens (tertiary/aromatic N) is 3. The number of aryl methyl sites for hydroxylation is 1. The molecule has 0 radical (unpaired) electrons. The van der Waals surface area contributed by atoms with Crippen molar-refractivity contribution in [2.75, 3.05) is 32.9 Å². The van der Waals surface area contributed by atoms with E-state index >= 15 is 0 Å². The SMILES string of the molecule is CN(C)CC(C)(C)CNS(=O)(=O)c1cn(C)nc1N. The molecule has 0 saturated heterocycles. The molecule has 1 aromatic heterocycles. The van der Waals surface area contributed by atoms with Crippen molar-refractivity contribution in [2.24, 2.45) is 12.5 Å². The Morgan fingerprint density at radius 1 is 1.47 bits per heavy atom. The number of hydrogen-bond acceptors (Lipinski definition) is 5. The third-order valence-corrected chi connectivity index (χ3v) is 4.01. The maximum atomic E-state index is 12.1. The zero-order valence-corrected chi connectivity index (χ0v) is 13.0. The Kier molecular flexibility index (Phi) is 4.59. The summed E-state index contributed by atoms with van der Waals surface area (Å²) in [7, 11) is 1.92. The van der Waals surface area contributed by atoms with E-state index in [0.717, 1.165) is 6.54 Å². The monoisotopic (exact) mass is 289 g/mol. The molecule has 0 bridgehead atoms. The van der Waals surface area contributed by atoms with Crippen LogP contribution in [0.15, 0.2) is 11.1 Å². The Morgan fingerprint density at radius 3 is 2.47 bits per heavy atom. The first kappa shape index (κ1) is 15.9. The van der Waals surface area contributed by atoms with Gasteiger partial charge in [0.15, 0.2) is 5.82 Å². The number of nitrogens with two attached hydrogens (primary N) is 1. The van der Waals surface area contributed by atoms with Crippen molar-refractivity contribution >= 4 is 15.8 Å². The van der Waals surface area contributed by atoms with Crippen LogP contribution in [-0.2, 0) is 17.1 Å². The van der Waals surface area contributed by atoms with E-state index in [1.54, 1.807) is 7.05 Å². The van der Waals surface area contributed by atoms with Gasteiger partial charge in [0.25, 0.3) is 0 Å². The van der Waals surface area contributed by atoms with Crippen LogP contribution in [0.3, 0.4) is 0 Å².